The number of hydrogen-bond donors (Lipinski definition) is 2. The van der Waals surface area contributed by atoms with Crippen molar-refractivity contribution in [3.63, 3.8) is 0 Å². The Hall–Kier alpha value is -3.50. The molecule has 9 nitrogen and oxygen atoms in total. The van der Waals surface area contributed by atoms with Gasteiger partial charge in [0.05, 0.1) is 31.0 Å². The van der Waals surface area contributed by atoms with Crippen LogP contribution in [0.3, 0.4) is 0 Å². The fourth-order valence-corrected chi connectivity index (χ4v) is 4.61. The van der Waals surface area contributed by atoms with Gasteiger partial charge in [0.15, 0.2) is 5.82 Å². The molecule has 0 radical (unpaired) electrons. The number of aromatic nitrogens is 2. The average molecular weight is 537 g/mol. The summed E-state index contributed by atoms with van der Waals surface area (Å²) in [6.07, 6.45) is 1.94. The maximum absolute atomic E-state index is 12.8. The number of halogens is 1. The predicted molar refractivity (Wildman–Crippen MR) is 138 cm³/mol. The highest BCUT2D eigenvalue weighted by molar-refractivity contribution is 9.10. The Kier molecular flexibility index (Phi) is 6.91. The minimum absolute atomic E-state index is 0.0526. The number of carbonyl (C=O) groups excluding carboxylic acids is 2. The molecule has 2 saturated heterocycles. The number of ether oxygens (including phenoxy) is 1. The van der Waals surface area contributed by atoms with Gasteiger partial charge in [-0.2, -0.15) is 5.10 Å². The Bertz CT molecular complexity index is 1220. The number of rotatable bonds is 6. The maximum atomic E-state index is 12.8. The van der Waals surface area contributed by atoms with Crippen LogP contribution in [0.2, 0.25) is 0 Å². The van der Waals surface area contributed by atoms with Crippen molar-refractivity contribution in [2.24, 2.45) is 5.92 Å². The Morgan fingerprint density at radius 1 is 1.03 bits per heavy atom. The topological polar surface area (TPSA) is 99.7 Å². The predicted octanol–water partition coefficient (Wildman–Crippen LogP) is 3.81. The van der Waals surface area contributed by atoms with E-state index in [2.05, 4.69) is 41.7 Å². The minimum Gasteiger partial charge on any atom is -0.378 e. The highest BCUT2D eigenvalue weighted by Gasteiger charge is 2.35. The summed E-state index contributed by atoms with van der Waals surface area (Å²) in [5.41, 5.74) is 3.28. The van der Waals surface area contributed by atoms with Crippen LogP contribution in [0.1, 0.15) is 6.42 Å². The Morgan fingerprint density at radius 3 is 2.57 bits per heavy atom. The second-order valence-electron chi connectivity index (χ2n) is 8.48. The van der Waals surface area contributed by atoms with Gasteiger partial charge >= 0.3 is 0 Å². The number of nitrogens with zero attached hydrogens (tertiary/aromatic N) is 4. The summed E-state index contributed by atoms with van der Waals surface area (Å²) in [6.45, 7) is 3.42. The van der Waals surface area contributed by atoms with Crippen molar-refractivity contribution in [2.75, 3.05) is 53.3 Å². The van der Waals surface area contributed by atoms with E-state index in [-0.39, 0.29) is 18.2 Å². The number of anilines is 5. The number of benzene rings is 2. The molecular weight excluding hydrogens is 512 g/mol. The van der Waals surface area contributed by atoms with Crippen LogP contribution in [0.5, 0.6) is 0 Å². The van der Waals surface area contributed by atoms with Crippen LogP contribution in [-0.2, 0) is 14.3 Å². The first kappa shape index (κ1) is 23.3. The van der Waals surface area contributed by atoms with Crippen molar-refractivity contribution in [1.29, 1.82) is 0 Å². The van der Waals surface area contributed by atoms with Crippen molar-refractivity contribution in [3.05, 3.63) is 65.3 Å². The third-order valence-corrected chi connectivity index (χ3v) is 6.55. The molecule has 2 fully saturated rings. The largest absolute Gasteiger partial charge is 0.378 e. The smallest absolute Gasteiger partial charge is 0.229 e. The minimum atomic E-state index is -0.405. The molecule has 0 bridgehead atoms. The van der Waals surface area contributed by atoms with Crippen LogP contribution in [0, 0.1) is 5.92 Å². The lowest BCUT2D eigenvalue weighted by molar-refractivity contribution is -0.122. The van der Waals surface area contributed by atoms with Gasteiger partial charge in [-0.25, -0.2) is 0 Å². The quantitative estimate of drug-likeness (QED) is 0.494. The fourth-order valence-electron chi connectivity index (χ4n) is 4.22. The molecule has 180 valence electrons. The summed E-state index contributed by atoms with van der Waals surface area (Å²) < 4.78 is 6.30. The number of morpholine rings is 1. The van der Waals surface area contributed by atoms with E-state index in [9.17, 15) is 9.59 Å². The van der Waals surface area contributed by atoms with Gasteiger partial charge in [0.25, 0.3) is 0 Å². The molecule has 1 aromatic heterocycles. The lowest BCUT2D eigenvalue weighted by Gasteiger charge is -2.28. The first-order valence-corrected chi connectivity index (χ1v) is 12.2. The molecule has 2 amide bonds. The van der Waals surface area contributed by atoms with Gasteiger partial charge in [-0.3, -0.25) is 9.59 Å². The van der Waals surface area contributed by atoms with Crippen LogP contribution in [0.4, 0.5) is 28.6 Å². The summed E-state index contributed by atoms with van der Waals surface area (Å²) in [7, 11) is 0. The second kappa shape index (κ2) is 10.4. The molecule has 1 atom stereocenters. The van der Waals surface area contributed by atoms with E-state index in [0.717, 1.165) is 34.6 Å². The van der Waals surface area contributed by atoms with Crippen LogP contribution in [0.15, 0.2) is 65.3 Å². The molecule has 2 aliphatic heterocycles. The van der Waals surface area contributed by atoms with E-state index in [0.29, 0.717) is 31.3 Å². The molecule has 0 spiro atoms. The SMILES string of the molecule is O=C(Nc1ccc(Nc2cc(N3CCOCC3)cnn2)cc1)C1CC(=O)N(c2cccc(Br)c2)C1. The molecule has 3 heterocycles. The van der Waals surface area contributed by atoms with Crippen molar-refractivity contribution in [3.8, 4) is 0 Å². The van der Waals surface area contributed by atoms with Gasteiger partial charge in [-0.05, 0) is 42.5 Å². The normalized spacial score (nSPS) is 18.0. The van der Waals surface area contributed by atoms with Gasteiger partial charge in [0, 0.05) is 53.7 Å². The van der Waals surface area contributed by atoms with Crippen LogP contribution in [-0.4, -0.2) is 54.9 Å². The van der Waals surface area contributed by atoms with E-state index in [1.54, 1.807) is 11.1 Å². The summed E-state index contributed by atoms with van der Waals surface area (Å²) >= 11 is 3.43. The summed E-state index contributed by atoms with van der Waals surface area (Å²) in [5, 5.41) is 14.5. The van der Waals surface area contributed by atoms with E-state index < -0.39 is 5.92 Å². The third-order valence-electron chi connectivity index (χ3n) is 6.06. The van der Waals surface area contributed by atoms with Crippen molar-refractivity contribution in [1.82, 2.24) is 10.2 Å². The van der Waals surface area contributed by atoms with E-state index in [1.165, 1.54) is 0 Å². The van der Waals surface area contributed by atoms with Gasteiger partial charge in [0.1, 0.15) is 0 Å². The Morgan fingerprint density at radius 2 is 1.80 bits per heavy atom. The van der Waals surface area contributed by atoms with Crippen molar-refractivity contribution in [2.45, 2.75) is 6.42 Å². The summed E-state index contributed by atoms with van der Waals surface area (Å²) in [4.78, 5) is 29.2. The van der Waals surface area contributed by atoms with Crippen molar-refractivity contribution >= 4 is 56.3 Å². The van der Waals surface area contributed by atoms with Crippen LogP contribution < -0.4 is 20.4 Å². The first-order valence-electron chi connectivity index (χ1n) is 11.4. The first-order chi connectivity index (χ1) is 17.0. The zero-order valence-electron chi connectivity index (χ0n) is 19.0. The van der Waals surface area contributed by atoms with E-state index >= 15 is 0 Å². The molecule has 2 N–H and O–H groups in total. The molecule has 3 aromatic rings. The number of amides is 2. The lowest BCUT2D eigenvalue weighted by Crippen LogP contribution is -2.36. The Labute approximate surface area is 211 Å². The van der Waals surface area contributed by atoms with Gasteiger partial charge in [0.2, 0.25) is 11.8 Å². The molecule has 0 saturated carbocycles. The highest BCUT2D eigenvalue weighted by atomic mass is 79.9. The van der Waals surface area contributed by atoms with Gasteiger partial charge in [-0.1, -0.05) is 22.0 Å². The molecule has 35 heavy (non-hydrogen) atoms. The number of nitrogens with one attached hydrogen (secondary N) is 2. The standard InChI is InChI=1S/C25H25BrN6O3/c26-18-2-1-3-21(13-18)32-16-17(12-24(32)33)25(34)29-20-6-4-19(5-7-20)28-23-14-22(15-27-30-23)31-8-10-35-11-9-31/h1-7,13-15,17H,8-12,16H2,(H,28,30)(H,29,34). The van der Waals surface area contributed by atoms with Crippen LogP contribution >= 0.6 is 15.9 Å². The van der Waals surface area contributed by atoms with E-state index in [1.807, 2.05) is 54.6 Å². The van der Waals surface area contributed by atoms with Gasteiger partial charge in [-0.15, -0.1) is 5.10 Å². The summed E-state index contributed by atoms with van der Waals surface area (Å²) in [5.74, 6) is 0.0178. The Balaban J connectivity index is 1.18. The van der Waals surface area contributed by atoms with Crippen LogP contribution in [0.25, 0.3) is 0 Å². The fraction of sp³-hybridized carbons (Fsp3) is 0.280. The zero-order valence-corrected chi connectivity index (χ0v) is 20.6. The van der Waals surface area contributed by atoms with Gasteiger partial charge < -0.3 is 25.2 Å². The monoisotopic (exact) mass is 536 g/mol. The second-order valence-corrected chi connectivity index (χ2v) is 9.39. The summed E-state index contributed by atoms with van der Waals surface area (Å²) in [6, 6.07) is 16.9. The van der Waals surface area contributed by atoms with E-state index in [4.69, 9.17) is 4.74 Å². The molecule has 1 unspecified atom stereocenters. The molecule has 5 rings (SSSR count). The molecule has 2 aliphatic rings. The molecule has 2 aromatic carbocycles. The zero-order chi connectivity index (χ0) is 24.2. The number of carbonyl (C=O) groups is 2. The average Bonchev–Trinajstić information content (AvgIpc) is 3.28. The lowest BCUT2D eigenvalue weighted by atomic mass is 10.1. The molecular formula is C25H25BrN6O3. The maximum Gasteiger partial charge on any atom is 0.229 e. The molecule has 0 aliphatic carbocycles. The van der Waals surface area contributed by atoms with Crippen molar-refractivity contribution < 1.29 is 14.3 Å². The number of hydrogen-bond acceptors (Lipinski definition) is 7. The highest BCUT2D eigenvalue weighted by Crippen LogP contribution is 2.28. The third kappa shape index (κ3) is 5.60. The molecule has 10 heteroatoms.